The van der Waals surface area contributed by atoms with Crippen LogP contribution in [0.3, 0.4) is 0 Å². The highest BCUT2D eigenvalue weighted by molar-refractivity contribution is 7.92. The van der Waals surface area contributed by atoms with Crippen molar-refractivity contribution in [3.05, 3.63) is 0 Å². The average molecular weight is 177 g/mol. The lowest BCUT2D eigenvalue weighted by atomic mass is 10.6. The van der Waals surface area contributed by atoms with Crippen LogP contribution in [-0.4, -0.2) is 40.4 Å². The minimum absolute atomic E-state index is 0.514. The predicted octanol–water partition coefficient (Wildman–Crippen LogP) is -0.127. The summed E-state index contributed by atoms with van der Waals surface area (Å²) in [6.07, 6.45) is 0. The van der Waals surface area contributed by atoms with Gasteiger partial charge in [0, 0.05) is 40.9 Å². The van der Waals surface area contributed by atoms with E-state index in [1.54, 1.807) is 0 Å². The first-order chi connectivity index (χ1) is 5.14. The molecule has 0 aromatic heterocycles. The highest BCUT2D eigenvalue weighted by Crippen LogP contribution is 2.01. The fraction of sp³-hybridized carbons (Fsp3) is 1.00. The van der Waals surface area contributed by atoms with Gasteiger partial charge >= 0.3 is 0 Å². The summed E-state index contributed by atoms with van der Waals surface area (Å²) in [6, 6.07) is 0. The topological polar surface area (TPSA) is 56.2 Å². The first-order valence-corrected chi connectivity index (χ1v) is 5.76. The van der Waals surface area contributed by atoms with Crippen molar-refractivity contribution in [1.29, 1.82) is 4.78 Å². The Morgan fingerprint density at radius 2 is 2.09 bits per heavy atom. The highest BCUT2D eigenvalue weighted by atomic mass is 32.2. The van der Waals surface area contributed by atoms with Crippen molar-refractivity contribution in [2.75, 3.05) is 31.1 Å². The van der Waals surface area contributed by atoms with Crippen molar-refractivity contribution in [3.63, 3.8) is 0 Å². The summed E-state index contributed by atoms with van der Waals surface area (Å²) in [6.45, 7) is 4.43. The van der Waals surface area contributed by atoms with E-state index in [9.17, 15) is 4.21 Å². The van der Waals surface area contributed by atoms with E-state index in [1.807, 2.05) is 11.9 Å². The lowest BCUT2D eigenvalue weighted by Crippen LogP contribution is -2.47. The van der Waals surface area contributed by atoms with Crippen LogP contribution in [0.1, 0.15) is 6.92 Å². The monoisotopic (exact) mass is 177 g/mol. The van der Waals surface area contributed by atoms with Gasteiger partial charge in [0.15, 0.2) is 0 Å². The molecule has 1 aliphatic heterocycles. The first kappa shape index (κ1) is 8.96. The van der Waals surface area contributed by atoms with Gasteiger partial charge in [-0.25, -0.2) is 9.22 Å². The smallest absolute Gasteiger partial charge is 0.0467 e. The second-order valence-corrected chi connectivity index (χ2v) is 5.16. The van der Waals surface area contributed by atoms with Crippen molar-refractivity contribution in [1.82, 2.24) is 10.4 Å². The fourth-order valence-electron chi connectivity index (χ4n) is 1.11. The van der Waals surface area contributed by atoms with Crippen LogP contribution in [0.15, 0.2) is 0 Å². The van der Waals surface area contributed by atoms with Crippen molar-refractivity contribution in [2.24, 2.45) is 0 Å². The van der Waals surface area contributed by atoms with Gasteiger partial charge in [-0.2, -0.15) is 0 Å². The van der Waals surface area contributed by atoms with Crippen LogP contribution in [-0.2, 0) is 9.73 Å². The van der Waals surface area contributed by atoms with E-state index in [2.05, 4.69) is 5.43 Å². The number of hydrogen-bond acceptors (Lipinski definition) is 4. The highest BCUT2D eigenvalue weighted by Gasteiger charge is 2.17. The number of nitrogens with zero attached hydrogens (tertiary/aromatic N) is 1. The van der Waals surface area contributed by atoms with Gasteiger partial charge in [-0.05, 0) is 0 Å². The molecule has 0 aromatic carbocycles. The molecule has 1 saturated heterocycles. The first-order valence-electron chi connectivity index (χ1n) is 3.86. The standard InChI is InChI=1S/C6H15N3OS/c1-2-8-9-3-5-11(7,10)6-4-9/h7-8H,2-6H2,1H3. The number of hydrazine groups is 1. The lowest BCUT2D eigenvalue weighted by Gasteiger charge is -2.27. The molecular formula is C6H15N3OS. The molecule has 1 fully saturated rings. The second-order valence-electron chi connectivity index (χ2n) is 2.72. The Balaban J connectivity index is 2.36. The zero-order valence-electron chi connectivity index (χ0n) is 6.80. The molecule has 0 saturated carbocycles. The largest absolute Gasteiger partial charge is 0.255 e. The predicted molar refractivity (Wildman–Crippen MR) is 45.8 cm³/mol. The molecule has 0 aromatic rings. The Labute approximate surface area is 67.9 Å². The molecule has 0 radical (unpaired) electrons. The summed E-state index contributed by atoms with van der Waals surface area (Å²) in [5.74, 6) is 1.03. The zero-order valence-corrected chi connectivity index (χ0v) is 7.62. The number of nitrogens with one attached hydrogen (secondary N) is 2. The van der Waals surface area contributed by atoms with Crippen LogP contribution in [0.5, 0.6) is 0 Å². The van der Waals surface area contributed by atoms with Gasteiger partial charge in [0.2, 0.25) is 0 Å². The molecular weight excluding hydrogens is 162 g/mol. The number of rotatable bonds is 2. The lowest BCUT2D eigenvalue weighted by molar-refractivity contribution is 0.211. The van der Waals surface area contributed by atoms with Gasteiger partial charge in [0.1, 0.15) is 0 Å². The van der Waals surface area contributed by atoms with Crippen LogP contribution < -0.4 is 5.43 Å². The van der Waals surface area contributed by atoms with E-state index in [-0.39, 0.29) is 0 Å². The third-order valence-electron chi connectivity index (χ3n) is 1.76. The summed E-state index contributed by atoms with van der Waals surface area (Å²) < 4.78 is 18.5. The van der Waals surface area contributed by atoms with Crippen molar-refractivity contribution in [2.45, 2.75) is 6.92 Å². The Morgan fingerprint density at radius 3 is 2.55 bits per heavy atom. The Bertz CT molecular complexity index is 198. The Kier molecular flexibility index (Phi) is 2.86. The van der Waals surface area contributed by atoms with Crippen molar-refractivity contribution in [3.8, 4) is 0 Å². The third-order valence-corrected chi connectivity index (χ3v) is 3.45. The van der Waals surface area contributed by atoms with Crippen molar-refractivity contribution < 1.29 is 4.21 Å². The van der Waals surface area contributed by atoms with Crippen LogP contribution in [0.25, 0.3) is 0 Å². The van der Waals surface area contributed by atoms with E-state index in [4.69, 9.17) is 4.78 Å². The van der Waals surface area contributed by atoms with E-state index < -0.39 is 9.73 Å². The summed E-state index contributed by atoms with van der Waals surface area (Å²) in [5.41, 5.74) is 3.15. The molecule has 66 valence electrons. The molecule has 0 amide bonds. The average Bonchev–Trinajstić information content (AvgIpc) is 1.94. The van der Waals surface area contributed by atoms with Gasteiger partial charge in [-0.3, -0.25) is 10.2 Å². The molecule has 0 bridgehead atoms. The van der Waals surface area contributed by atoms with Crippen LogP contribution in [0, 0.1) is 4.78 Å². The molecule has 1 heterocycles. The molecule has 1 rings (SSSR count). The molecule has 1 aliphatic rings. The quantitative estimate of drug-likeness (QED) is 0.618. The number of hydrogen-bond donors (Lipinski definition) is 2. The molecule has 0 spiro atoms. The zero-order chi connectivity index (χ0) is 8.32. The summed E-state index contributed by atoms with van der Waals surface area (Å²) in [7, 11) is -2.22. The minimum Gasteiger partial charge on any atom is -0.255 e. The molecule has 0 unspecified atom stereocenters. The van der Waals surface area contributed by atoms with E-state index in [0.29, 0.717) is 11.5 Å². The van der Waals surface area contributed by atoms with E-state index in [1.165, 1.54) is 0 Å². The molecule has 5 heteroatoms. The van der Waals surface area contributed by atoms with Gasteiger partial charge in [0.05, 0.1) is 0 Å². The third kappa shape index (κ3) is 2.76. The Morgan fingerprint density at radius 1 is 1.55 bits per heavy atom. The van der Waals surface area contributed by atoms with Crippen LogP contribution in [0.2, 0.25) is 0 Å². The minimum atomic E-state index is -2.22. The Hall–Kier alpha value is -0.130. The maximum absolute atomic E-state index is 11.2. The molecule has 11 heavy (non-hydrogen) atoms. The molecule has 4 nitrogen and oxygen atoms in total. The second kappa shape index (κ2) is 3.51. The van der Waals surface area contributed by atoms with Gasteiger partial charge in [-0.1, -0.05) is 6.92 Å². The van der Waals surface area contributed by atoms with Gasteiger partial charge < -0.3 is 0 Å². The summed E-state index contributed by atoms with van der Waals surface area (Å²) >= 11 is 0. The normalized spacial score (nSPS) is 25.2. The summed E-state index contributed by atoms with van der Waals surface area (Å²) in [5, 5.41) is 2.04. The summed E-state index contributed by atoms with van der Waals surface area (Å²) in [4.78, 5) is 0. The maximum atomic E-state index is 11.2. The van der Waals surface area contributed by atoms with Gasteiger partial charge in [0.25, 0.3) is 0 Å². The van der Waals surface area contributed by atoms with Crippen LogP contribution >= 0.6 is 0 Å². The molecule has 0 atom stereocenters. The fourth-order valence-corrected chi connectivity index (χ4v) is 2.35. The molecule has 0 aliphatic carbocycles. The van der Waals surface area contributed by atoms with E-state index >= 15 is 0 Å². The maximum Gasteiger partial charge on any atom is 0.0467 e. The molecule has 2 N–H and O–H groups in total. The van der Waals surface area contributed by atoms with Crippen molar-refractivity contribution >= 4 is 9.73 Å². The van der Waals surface area contributed by atoms with E-state index in [0.717, 1.165) is 19.6 Å². The van der Waals surface area contributed by atoms with Crippen LogP contribution in [0.4, 0.5) is 0 Å². The van der Waals surface area contributed by atoms with Gasteiger partial charge in [-0.15, -0.1) is 0 Å². The SMILES string of the molecule is CCNN1CCS(=N)(=O)CC1.